The summed E-state index contributed by atoms with van der Waals surface area (Å²) in [5, 5.41) is 4.25. The van der Waals surface area contributed by atoms with Crippen molar-refractivity contribution in [3.8, 4) is 11.6 Å². The number of fused-ring (bicyclic) bond motifs is 2. The lowest BCUT2D eigenvalue weighted by Gasteiger charge is -2.31. The highest BCUT2D eigenvalue weighted by atomic mass is 35.5. The van der Waals surface area contributed by atoms with Crippen LogP contribution in [0, 0.1) is 5.92 Å². The Hall–Kier alpha value is -2.77. The van der Waals surface area contributed by atoms with Gasteiger partial charge in [0, 0.05) is 6.07 Å². The minimum atomic E-state index is -4.19. The molecule has 0 radical (unpaired) electrons. The third-order valence-corrected chi connectivity index (χ3v) is 8.28. The lowest BCUT2D eigenvalue weighted by atomic mass is 10.1. The summed E-state index contributed by atoms with van der Waals surface area (Å²) in [6.45, 7) is 5.31. The molecule has 0 unspecified atom stereocenters. The SMILES string of the molecule is CC(C)COc1ncc(N2CCOc3cc4c(N(S(C)(=O)=O)S(C)(=O)=O)noc4cc32)cc1Cl. The van der Waals surface area contributed by atoms with Crippen LogP contribution in [0.2, 0.25) is 5.02 Å². The third kappa shape index (κ3) is 4.72. The molecule has 184 valence electrons. The predicted octanol–water partition coefficient (Wildman–Crippen LogP) is 3.17. The van der Waals surface area contributed by atoms with E-state index in [0.29, 0.717) is 53.7 Å². The van der Waals surface area contributed by atoms with Crippen LogP contribution in [0.5, 0.6) is 11.6 Å². The number of anilines is 3. The van der Waals surface area contributed by atoms with E-state index in [1.54, 1.807) is 18.3 Å². The monoisotopic (exact) mass is 530 g/mol. The average Bonchev–Trinajstić information content (AvgIpc) is 3.10. The Morgan fingerprint density at radius 1 is 1.18 bits per heavy atom. The van der Waals surface area contributed by atoms with Gasteiger partial charge in [-0.2, -0.15) is 0 Å². The van der Waals surface area contributed by atoms with E-state index in [2.05, 4.69) is 10.1 Å². The van der Waals surface area contributed by atoms with Gasteiger partial charge in [0.1, 0.15) is 17.4 Å². The van der Waals surface area contributed by atoms with Gasteiger partial charge in [-0.25, -0.2) is 21.8 Å². The first-order valence-electron chi connectivity index (χ1n) is 10.2. The number of rotatable bonds is 7. The molecular weight excluding hydrogens is 508 g/mol. The summed E-state index contributed by atoms with van der Waals surface area (Å²) in [6, 6.07) is 4.83. The van der Waals surface area contributed by atoms with Gasteiger partial charge in [-0.1, -0.05) is 30.6 Å². The van der Waals surface area contributed by atoms with Crippen molar-refractivity contribution in [3.05, 3.63) is 29.4 Å². The quantitative estimate of drug-likeness (QED) is 0.448. The molecule has 0 spiro atoms. The highest BCUT2D eigenvalue weighted by molar-refractivity contribution is 8.09. The van der Waals surface area contributed by atoms with Gasteiger partial charge in [0.2, 0.25) is 31.7 Å². The second kappa shape index (κ2) is 8.78. The number of hydrogen-bond acceptors (Lipinski definition) is 10. The zero-order valence-electron chi connectivity index (χ0n) is 18.8. The van der Waals surface area contributed by atoms with Crippen LogP contribution in [0.25, 0.3) is 11.0 Å². The number of hydrogen-bond donors (Lipinski definition) is 0. The molecule has 3 heterocycles. The molecular formula is C20H23ClN4O7S2. The van der Waals surface area contributed by atoms with Crippen LogP contribution in [-0.2, 0) is 20.0 Å². The number of halogens is 1. The summed E-state index contributed by atoms with van der Waals surface area (Å²) < 4.78 is 65.7. The molecule has 1 aliphatic heterocycles. The van der Waals surface area contributed by atoms with Gasteiger partial charge in [0.25, 0.3) is 0 Å². The molecule has 3 aromatic rings. The number of benzene rings is 1. The summed E-state index contributed by atoms with van der Waals surface area (Å²) in [5.41, 5.74) is 1.46. The zero-order valence-corrected chi connectivity index (χ0v) is 21.2. The summed E-state index contributed by atoms with van der Waals surface area (Å²) in [5.74, 6) is 0.685. The largest absolute Gasteiger partial charge is 0.490 e. The van der Waals surface area contributed by atoms with Gasteiger partial charge < -0.3 is 18.9 Å². The van der Waals surface area contributed by atoms with E-state index in [-0.39, 0.29) is 20.5 Å². The summed E-state index contributed by atoms with van der Waals surface area (Å²) in [4.78, 5) is 6.23. The lowest BCUT2D eigenvalue weighted by molar-refractivity contribution is 0.261. The Kier molecular flexibility index (Phi) is 6.29. The van der Waals surface area contributed by atoms with Crippen molar-refractivity contribution in [1.29, 1.82) is 0 Å². The van der Waals surface area contributed by atoms with Crippen LogP contribution in [0.15, 0.2) is 28.9 Å². The molecule has 34 heavy (non-hydrogen) atoms. The smallest absolute Gasteiger partial charge is 0.246 e. The lowest BCUT2D eigenvalue weighted by Crippen LogP contribution is -2.35. The maximum absolute atomic E-state index is 12.2. The Bertz CT molecular complexity index is 1420. The summed E-state index contributed by atoms with van der Waals surface area (Å²) >= 11 is 6.38. The summed E-state index contributed by atoms with van der Waals surface area (Å²) in [7, 11) is -8.39. The van der Waals surface area contributed by atoms with Crippen molar-refractivity contribution >= 4 is 59.8 Å². The van der Waals surface area contributed by atoms with Crippen molar-refractivity contribution in [2.45, 2.75) is 13.8 Å². The number of aromatic nitrogens is 2. The normalized spacial score (nSPS) is 14.2. The van der Waals surface area contributed by atoms with Crippen molar-refractivity contribution in [3.63, 3.8) is 0 Å². The first-order chi connectivity index (χ1) is 15.9. The van der Waals surface area contributed by atoms with Crippen molar-refractivity contribution in [1.82, 2.24) is 10.1 Å². The standard InChI is InChI=1S/C20H23ClN4O7S2/c1-12(2)11-31-20-15(21)7-13(10-22-20)24-5-6-30-18-8-14-17(9-16(18)24)32-23-19(14)25(33(3,26)27)34(4,28)29/h7-10,12H,5-6,11H2,1-4H3. The summed E-state index contributed by atoms with van der Waals surface area (Å²) in [6.07, 6.45) is 3.18. The molecule has 0 N–H and O–H groups in total. The molecule has 1 aromatic carbocycles. The van der Waals surface area contributed by atoms with E-state index >= 15 is 0 Å². The molecule has 0 atom stereocenters. The van der Waals surface area contributed by atoms with Crippen LogP contribution in [-0.4, -0.2) is 59.2 Å². The van der Waals surface area contributed by atoms with E-state index < -0.39 is 20.0 Å². The molecule has 1 aliphatic rings. The van der Waals surface area contributed by atoms with E-state index in [9.17, 15) is 16.8 Å². The molecule has 14 heteroatoms. The van der Waals surface area contributed by atoms with Crippen molar-refractivity contribution in [2.75, 3.05) is 40.9 Å². The minimum absolute atomic E-state index is 0.171. The number of ether oxygens (including phenoxy) is 2. The Morgan fingerprint density at radius 3 is 2.50 bits per heavy atom. The van der Waals surface area contributed by atoms with Gasteiger partial charge in [-0.15, -0.1) is 3.71 Å². The Balaban J connectivity index is 1.76. The molecule has 0 amide bonds. The van der Waals surface area contributed by atoms with E-state index in [1.807, 2.05) is 18.7 Å². The van der Waals surface area contributed by atoms with Gasteiger partial charge in [-0.05, 0) is 18.1 Å². The van der Waals surface area contributed by atoms with E-state index in [4.69, 9.17) is 25.6 Å². The second-order valence-corrected chi connectivity index (χ2v) is 12.5. The van der Waals surface area contributed by atoms with Crippen LogP contribution in [0.3, 0.4) is 0 Å². The molecule has 0 saturated carbocycles. The minimum Gasteiger partial charge on any atom is -0.490 e. The first kappa shape index (κ1) is 24.4. The molecule has 0 bridgehead atoms. The molecule has 4 rings (SSSR count). The van der Waals surface area contributed by atoms with Crippen LogP contribution >= 0.6 is 11.6 Å². The Labute approximate surface area is 202 Å². The Morgan fingerprint density at radius 2 is 1.88 bits per heavy atom. The van der Waals surface area contributed by atoms with Gasteiger partial charge in [0.15, 0.2) is 5.58 Å². The molecule has 0 aliphatic carbocycles. The maximum atomic E-state index is 12.2. The number of sulfonamides is 2. The van der Waals surface area contributed by atoms with Crippen LogP contribution in [0.1, 0.15) is 13.8 Å². The molecule has 0 fully saturated rings. The first-order valence-corrected chi connectivity index (χ1v) is 14.3. The molecule has 0 saturated heterocycles. The third-order valence-electron chi connectivity index (χ3n) is 4.83. The number of pyridine rings is 1. The van der Waals surface area contributed by atoms with E-state index in [0.717, 1.165) is 12.5 Å². The van der Waals surface area contributed by atoms with Crippen LogP contribution in [0.4, 0.5) is 17.2 Å². The van der Waals surface area contributed by atoms with Crippen molar-refractivity contribution in [2.24, 2.45) is 5.92 Å². The fourth-order valence-corrected chi connectivity index (χ4v) is 6.58. The van der Waals surface area contributed by atoms with Gasteiger partial charge >= 0.3 is 0 Å². The number of nitrogens with zero attached hydrogens (tertiary/aromatic N) is 4. The highest BCUT2D eigenvalue weighted by Gasteiger charge is 2.33. The maximum Gasteiger partial charge on any atom is 0.246 e. The fourth-order valence-electron chi connectivity index (χ4n) is 3.51. The van der Waals surface area contributed by atoms with Crippen molar-refractivity contribution < 1.29 is 30.8 Å². The molecule has 2 aromatic heterocycles. The fraction of sp³-hybridized carbons (Fsp3) is 0.400. The van der Waals surface area contributed by atoms with Gasteiger partial charge in [0.05, 0.1) is 48.6 Å². The van der Waals surface area contributed by atoms with E-state index in [1.165, 1.54) is 6.07 Å². The highest BCUT2D eigenvalue weighted by Crippen LogP contribution is 2.43. The molecule has 11 nitrogen and oxygen atoms in total. The second-order valence-electron chi connectivity index (χ2n) is 8.23. The topological polar surface area (TPSA) is 132 Å². The predicted molar refractivity (Wildman–Crippen MR) is 128 cm³/mol. The zero-order chi connectivity index (χ0) is 24.8. The average molecular weight is 531 g/mol. The van der Waals surface area contributed by atoms with Gasteiger partial charge in [-0.3, -0.25) is 0 Å². The van der Waals surface area contributed by atoms with Crippen LogP contribution < -0.4 is 18.1 Å².